The molecule has 0 fully saturated rings. The van der Waals surface area contributed by atoms with Crippen LogP contribution in [0.2, 0.25) is 0 Å². The quantitative estimate of drug-likeness (QED) is 0.672. The first-order valence-corrected chi connectivity index (χ1v) is 8.93. The van der Waals surface area contributed by atoms with Crippen LogP contribution < -0.4 is 0 Å². The van der Waals surface area contributed by atoms with E-state index in [4.69, 9.17) is 0 Å². The van der Waals surface area contributed by atoms with Gasteiger partial charge in [0, 0.05) is 19.3 Å². The first kappa shape index (κ1) is 13.6. The van der Waals surface area contributed by atoms with Crippen molar-refractivity contribution in [3.05, 3.63) is 30.4 Å². The molecule has 0 amide bonds. The minimum Gasteiger partial charge on any atom is -0.325 e. The largest absolute Gasteiger partial charge is 0.325 e. The summed E-state index contributed by atoms with van der Waals surface area (Å²) in [6, 6.07) is 3.77. The van der Waals surface area contributed by atoms with Crippen molar-refractivity contribution in [2.24, 2.45) is 0 Å². The second-order valence-corrected chi connectivity index (χ2v) is 7.48. The summed E-state index contributed by atoms with van der Waals surface area (Å²) in [6.45, 7) is 1.54. The normalized spacial score (nSPS) is 16.8. The molecule has 7 nitrogen and oxygen atoms in total. The van der Waals surface area contributed by atoms with Crippen molar-refractivity contribution >= 4 is 32.1 Å². The zero-order chi connectivity index (χ0) is 15.3. The summed E-state index contributed by atoms with van der Waals surface area (Å²) in [7, 11) is -3.22. The molecule has 8 heteroatoms. The van der Waals surface area contributed by atoms with Gasteiger partial charge in [0.1, 0.15) is 16.9 Å². The summed E-state index contributed by atoms with van der Waals surface area (Å²) in [5.41, 5.74) is 3.33. The average molecular weight is 317 g/mol. The molecule has 0 unspecified atom stereocenters. The van der Waals surface area contributed by atoms with E-state index in [1.807, 2.05) is 12.1 Å². The number of fused-ring (bicyclic) bond motifs is 5. The number of rotatable bonds is 1. The highest BCUT2D eigenvalue weighted by molar-refractivity contribution is 7.88. The highest BCUT2D eigenvalue weighted by Crippen LogP contribution is 2.26. The van der Waals surface area contributed by atoms with E-state index in [2.05, 4.69) is 19.5 Å². The fourth-order valence-corrected chi connectivity index (χ4v) is 3.77. The molecule has 4 rings (SSSR count). The lowest BCUT2D eigenvalue weighted by Gasteiger charge is -2.15. The van der Waals surface area contributed by atoms with Gasteiger partial charge in [0.15, 0.2) is 0 Å². The number of imidazole rings is 1. The Labute approximate surface area is 127 Å². The SMILES string of the molecule is CS(=O)(=O)N1CCCn2c(nc3cnc4cccnc4c32)C1. The number of hydrogen-bond donors (Lipinski definition) is 0. The van der Waals surface area contributed by atoms with Crippen LogP contribution in [0, 0.1) is 0 Å². The number of aromatic nitrogens is 4. The Morgan fingerprint density at radius 3 is 2.86 bits per heavy atom. The molecule has 0 aliphatic carbocycles. The topological polar surface area (TPSA) is 81.0 Å². The monoisotopic (exact) mass is 317 g/mol. The molecule has 0 radical (unpaired) electrons. The Morgan fingerprint density at radius 1 is 1.18 bits per heavy atom. The Balaban J connectivity index is 1.96. The predicted molar refractivity (Wildman–Crippen MR) is 82.7 cm³/mol. The molecule has 0 atom stereocenters. The zero-order valence-corrected chi connectivity index (χ0v) is 12.9. The fourth-order valence-electron chi connectivity index (χ4n) is 2.96. The van der Waals surface area contributed by atoms with E-state index in [0.717, 1.165) is 40.9 Å². The van der Waals surface area contributed by atoms with Crippen LogP contribution in [-0.2, 0) is 23.1 Å². The maximum atomic E-state index is 11.8. The van der Waals surface area contributed by atoms with Crippen LogP contribution in [0.5, 0.6) is 0 Å². The molecule has 0 bridgehead atoms. The molecule has 3 aromatic rings. The minimum atomic E-state index is -3.22. The standard InChI is InChI=1S/C14H15N5O2S/c1-22(20,21)18-6-3-7-19-12(9-18)17-11-8-16-10-4-2-5-15-13(10)14(11)19/h2,4-5,8H,3,6-7,9H2,1H3. The number of pyridine rings is 2. The summed E-state index contributed by atoms with van der Waals surface area (Å²) in [4.78, 5) is 13.4. The van der Waals surface area contributed by atoms with Gasteiger partial charge in [-0.05, 0) is 18.6 Å². The molecule has 1 aliphatic heterocycles. The molecular formula is C14H15N5O2S. The Kier molecular flexibility index (Phi) is 2.92. The number of hydrogen-bond acceptors (Lipinski definition) is 5. The van der Waals surface area contributed by atoms with Crippen LogP contribution in [0.4, 0.5) is 0 Å². The minimum absolute atomic E-state index is 0.293. The van der Waals surface area contributed by atoms with Crippen LogP contribution >= 0.6 is 0 Å². The van der Waals surface area contributed by atoms with Crippen molar-refractivity contribution in [2.45, 2.75) is 19.5 Å². The van der Waals surface area contributed by atoms with Crippen molar-refractivity contribution in [1.82, 2.24) is 23.8 Å². The van der Waals surface area contributed by atoms with Crippen LogP contribution in [0.1, 0.15) is 12.2 Å². The lowest BCUT2D eigenvalue weighted by molar-refractivity contribution is 0.411. The molecule has 0 N–H and O–H groups in total. The molecule has 4 heterocycles. The van der Waals surface area contributed by atoms with E-state index >= 15 is 0 Å². The first-order valence-electron chi connectivity index (χ1n) is 7.08. The van der Waals surface area contributed by atoms with Gasteiger partial charge in [-0.3, -0.25) is 9.97 Å². The van der Waals surface area contributed by atoms with Gasteiger partial charge in [0.05, 0.1) is 30.0 Å². The van der Waals surface area contributed by atoms with Gasteiger partial charge in [-0.15, -0.1) is 0 Å². The van der Waals surface area contributed by atoms with Crippen molar-refractivity contribution in [2.75, 3.05) is 12.8 Å². The molecular weight excluding hydrogens is 302 g/mol. The molecule has 0 saturated carbocycles. The van der Waals surface area contributed by atoms with Crippen LogP contribution in [0.25, 0.3) is 22.1 Å². The van der Waals surface area contributed by atoms with Crippen molar-refractivity contribution in [1.29, 1.82) is 0 Å². The first-order chi connectivity index (χ1) is 10.5. The molecule has 0 aromatic carbocycles. The lowest BCUT2D eigenvalue weighted by Crippen LogP contribution is -2.29. The maximum absolute atomic E-state index is 11.8. The van der Waals surface area contributed by atoms with Gasteiger partial charge < -0.3 is 4.57 Å². The van der Waals surface area contributed by atoms with E-state index in [1.54, 1.807) is 12.4 Å². The van der Waals surface area contributed by atoms with Crippen LogP contribution in [0.3, 0.4) is 0 Å². The third-order valence-electron chi connectivity index (χ3n) is 3.99. The number of nitrogens with zero attached hydrogens (tertiary/aromatic N) is 5. The van der Waals surface area contributed by atoms with E-state index in [9.17, 15) is 8.42 Å². The van der Waals surface area contributed by atoms with E-state index in [0.29, 0.717) is 13.1 Å². The highest BCUT2D eigenvalue weighted by atomic mass is 32.2. The van der Waals surface area contributed by atoms with Gasteiger partial charge in [-0.2, -0.15) is 4.31 Å². The molecule has 3 aromatic heterocycles. The van der Waals surface area contributed by atoms with Crippen molar-refractivity contribution in [3.63, 3.8) is 0 Å². The van der Waals surface area contributed by atoms with E-state index < -0.39 is 10.0 Å². The second kappa shape index (κ2) is 4.72. The van der Waals surface area contributed by atoms with E-state index in [-0.39, 0.29) is 0 Å². The number of sulfonamides is 1. The van der Waals surface area contributed by atoms with Crippen LogP contribution in [0.15, 0.2) is 24.5 Å². The molecule has 114 valence electrons. The van der Waals surface area contributed by atoms with Gasteiger partial charge in [0.25, 0.3) is 0 Å². The Bertz CT molecular complexity index is 979. The van der Waals surface area contributed by atoms with Gasteiger partial charge in [0.2, 0.25) is 10.0 Å². The van der Waals surface area contributed by atoms with Crippen molar-refractivity contribution in [3.8, 4) is 0 Å². The van der Waals surface area contributed by atoms with Crippen LogP contribution in [-0.4, -0.2) is 45.0 Å². The van der Waals surface area contributed by atoms with E-state index in [1.165, 1.54) is 10.6 Å². The summed E-state index contributed by atoms with van der Waals surface area (Å²) in [5, 5.41) is 0. The van der Waals surface area contributed by atoms with Gasteiger partial charge in [-0.25, -0.2) is 13.4 Å². The average Bonchev–Trinajstić information content (AvgIpc) is 2.69. The molecule has 1 aliphatic rings. The smallest absolute Gasteiger partial charge is 0.211 e. The second-order valence-electron chi connectivity index (χ2n) is 5.49. The predicted octanol–water partition coefficient (Wildman–Crippen LogP) is 1.14. The zero-order valence-electron chi connectivity index (χ0n) is 12.1. The third-order valence-corrected chi connectivity index (χ3v) is 5.24. The lowest BCUT2D eigenvalue weighted by atomic mass is 10.3. The van der Waals surface area contributed by atoms with Gasteiger partial charge in [-0.1, -0.05) is 0 Å². The Morgan fingerprint density at radius 2 is 2.05 bits per heavy atom. The molecule has 0 saturated heterocycles. The fraction of sp³-hybridized carbons (Fsp3) is 0.357. The molecule has 22 heavy (non-hydrogen) atoms. The third kappa shape index (κ3) is 2.06. The van der Waals surface area contributed by atoms with Crippen molar-refractivity contribution < 1.29 is 8.42 Å². The highest BCUT2D eigenvalue weighted by Gasteiger charge is 2.24. The number of aryl methyl sites for hydroxylation is 1. The van der Waals surface area contributed by atoms with Gasteiger partial charge >= 0.3 is 0 Å². The summed E-state index contributed by atoms with van der Waals surface area (Å²) in [5.74, 6) is 0.748. The summed E-state index contributed by atoms with van der Waals surface area (Å²) < 4.78 is 27.2. The Hall–Kier alpha value is -2.06. The molecule has 0 spiro atoms. The summed E-state index contributed by atoms with van der Waals surface area (Å²) >= 11 is 0. The maximum Gasteiger partial charge on any atom is 0.211 e. The summed E-state index contributed by atoms with van der Waals surface area (Å²) in [6.07, 6.45) is 5.46.